The van der Waals surface area contributed by atoms with Crippen LogP contribution >= 0.6 is 8.25 Å². The summed E-state index contributed by atoms with van der Waals surface area (Å²) in [6.45, 7) is 0.00958. The monoisotopic (exact) mass is 224 g/mol. The lowest BCUT2D eigenvalue weighted by molar-refractivity contribution is -0.189. The molecule has 3 atom stereocenters. The zero-order valence-electron chi connectivity index (χ0n) is 7.46. The third kappa shape index (κ3) is 5.95. The normalized spacial score (nSPS) is 16.1. The summed E-state index contributed by atoms with van der Waals surface area (Å²) < 4.78 is 14.6. The van der Waals surface area contributed by atoms with Crippen molar-refractivity contribution in [3.63, 3.8) is 0 Å². The molecule has 5 N–H and O–H groups in total. The van der Waals surface area contributed by atoms with Crippen LogP contribution in [0.25, 0.3) is 0 Å². The van der Waals surface area contributed by atoms with Crippen molar-refractivity contribution < 1.29 is 23.9 Å². The van der Waals surface area contributed by atoms with Crippen LogP contribution in [0.1, 0.15) is 12.8 Å². The molecule has 8 heteroatoms. The van der Waals surface area contributed by atoms with Crippen molar-refractivity contribution in [1.29, 1.82) is 0 Å². The maximum atomic E-state index is 10.3. The molecule has 82 valence electrons. The fraction of sp³-hybridized carbons (Fsp3) is 0.833. The Labute approximate surface area is 82.0 Å². The standard InChI is InChI=1S/C6H13N2O5P/c7-3-4(13-14(11)12)1-2-5(8)6(9)10/h4-5H,1-3,7-8H2,(H,9,10)/t4?,5-/m0/s1. The van der Waals surface area contributed by atoms with Gasteiger partial charge in [0.15, 0.2) is 0 Å². The van der Waals surface area contributed by atoms with Gasteiger partial charge in [0.25, 0.3) is 0 Å². The van der Waals surface area contributed by atoms with E-state index >= 15 is 0 Å². The summed E-state index contributed by atoms with van der Waals surface area (Å²) in [5, 5.41) is 8.43. The zero-order valence-corrected chi connectivity index (χ0v) is 8.35. The fourth-order valence-electron chi connectivity index (χ4n) is 0.824. The molecule has 0 aliphatic carbocycles. The Morgan fingerprint density at radius 3 is 2.50 bits per heavy atom. The zero-order chi connectivity index (χ0) is 11.1. The van der Waals surface area contributed by atoms with E-state index < -0.39 is 26.4 Å². The molecule has 0 rings (SSSR count). The Morgan fingerprint density at radius 1 is 1.57 bits per heavy atom. The lowest BCUT2D eigenvalue weighted by atomic mass is 10.1. The minimum Gasteiger partial charge on any atom is -0.566 e. The molecule has 0 radical (unpaired) electrons. The molecule has 14 heavy (non-hydrogen) atoms. The van der Waals surface area contributed by atoms with Gasteiger partial charge in [-0.15, -0.1) is 4.52 Å². The SMILES string of the molecule is NCC(CC[C@H](N)C(=O)O)O[P+](=O)[O-]. The van der Waals surface area contributed by atoms with E-state index in [9.17, 15) is 14.3 Å². The summed E-state index contributed by atoms with van der Waals surface area (Å²) >= 11 is 0. The summed E-state index contributed by atoms with van der Waals surface area (Å²) in [4.78, 5) is 20.5. The highest BCUT2D eigenvalue weighted by molar-refractivity contribution is 7.30. The average Bonchev–Trinajstić information content (AvgIpc) is 2.10. The van der Waals surface area contributed by atoms with Gasteiger partial charge in [-0.25, -0.2) is 0 Å². The third-order valence-corrected chi connectivity index (χ3v) is 2.09. The minimum absolute atomic E-state index is 0.00958. The number of nitrogens with two attached hydrogens (primary N) is 2. The molecule has 0 spiro atoms. The van der Waals surface area contributed by atoms with Crippen LogP contribution in [0.4, 0.5) is 0 Å². The molecule has 0 saturated carbocycles. The van der Waals surface area contributed by atoms with Crippen molar-refractivity contribution in [2.45, 2.75) is 25.0 Å². The van der Waals surface area contributed by atoms with Crippen LogP contribution in [-0.2, 0) is 13.9 Å². The Morgan fingerprint density at radius 2 is 2.14 bits per heavy atom. The molecule has 0 heterocycles. The Balaban J connectivity index is 3.83. The summed E-state index contributed by atoms with van der Waals surface area (Å²) in [7, 11) is -2.96. The van der Waals surface area contributed by atoms with E-state index in [4.69, 9.17) is 16.6 Å². The fourth-order valence-corrected chi connectivity index (χ4v) is 1.26. The number of rotatable bonds is 7. The van der Waals surface area contributed by atoms with Crippen molar-refractivity contribution in [2.75, 3.05) is 6.54 Å². The van der Waals surface area contributed by atoms with Gasteiger partial charge in [-0.2, -0.15) is 0 Å². The second-order valence-electron chi connectivity index (χ2n) is 2.71. The molecule has 0 bridgehead atoms. The predicted octanol–water partition coefficient (Wildman–Crippen LogP) is -1.46. The van der Waals surface area contributed by atoms with Gasteiger partial charge in [-0.05, 0) is 17.4 Å². The third-order valence-electron chi connectivity index (χ3n) is 1.61. The van der Waals surface area contributed by atoms with Crippen molar-refractivity contribution in [3.05, 3.63) is 0 Å². The van der Waals surface area contributed by atoms with Gasteiger partial charge in [0, 0.05) is 6.54 Å². The first-order valence-electron chi connectivity index (χ1n) is 3.97. The van der Waals surface area contributed by atoms with Crippen LogP contribution in [0.15, 0.2) is 0 Å². The van der Waals surface area contributed by atoms with Gasteiger partial charge in [0.05, 0.1) is 0 Å². The van der Waals surface area contributed by atoms with Crippen LogP contribution in [0.3, 0.4) is 0 Å². The number of carboxylic acid groups (broad SMARTS) is 1. The lowest BCUT2D eigenvalue weighted by Gasteiger charge is -2.10. The predicted molar refractivity (Wildman–Crippen MR) is 46.4 cm³/mol. The molecule has 0 aliphatic rings. The molecule has 7 nitrogen and oxygen atoms in total. The Hall–Kier alpha value is -0.590. The largest absolute Gasteiger partial charge is 0.566 e. The van der Waals surface area contributed by atoms with Gasteiger partial charge in [0.1, 0.15) is 12.1 Å². The first kappa shape index (κ1) is 13.4. The first-order valence-corrected chi connectivity index (χ1v) is 5.06. The second-order valence-corrected chi connectivity index (χ2v) is 3.37. The van der Waals surface area contributed by atoms with Gasteiger partial charge in [0.2, 0.25) is 0 Å². The number of carbonyl (C=O) groups is 1. The van der Waals surface area contributed by atoms with Crippen LogP contribution in [-0.4, -0.2) is 29.8 Å². The quantitative estimate of drug-likeness (QED) is 0.449. The Bertz CT molecular complexity index is 212. The van der Waals surface area contributed by atoms with Crippen molar-refractivity contribution in [3.8, 4) is 0 Å². The van der Waals surface area contributed by atoms with Gasteiger partial charge in [-0.1, -0.05) is 0 Å². The highest BCUT2D eigenvalue weighted by atomic mass is 31.1. The van der Waals surface area contributed by atoms with Crippen molar-refractivity contribution in [2.24, 2.45) is 11.5 Å². The van der Waals surface area contributed by atoms with Gasteiger partial charge < -0.3 is 21.5 Å². The molecule has 0 amide bonds. The van der Waals surface area contributed by atoms with E-state index in [1.165, 1.54) is 0 Å². The van der Waals surface area contributed by atoms with Crippen molar-refractivity contribution >= 4 is 14.2 Å². The first-order chi connectivity index (χ1) is 6.47. The van der Waals surface area contributed by atoms with Gasteiger partial charge in [-0.3, -0.25) is 4.79 Å². The molecule has 0 saturated heterocycles. The minimum atomic E-state index is -2.96. The van der Waals surface area contributed by atoms with E-state index in [0.29, 0.717) is 0 Å². The summed E-state index contributed by atoms with van der Waals surface area (Å²) in [6.07, 6.45) is -0.366. The van der Waals surface area contributed by atoms with Crippen LogP contribution < -0.4 is 16.4 Å². The number of hydrogen-bond acceptors (Lipinski definition) is 6. The molecular formula is C6H13N2O5P. The highest BCUT2D eigenvalue weighted by Gasteiger charge is 2.19. The topological polar surface area (TPSA) is 139 Å². The number of aliphatic carboxylic acids is 1. The van der Waals surface area contributed by atoms with Crippen LogP contribution in [0.2, 0.25) is 0 Å². The molecule has 0 aliphatic heterocycles. The summed E-state index contributed by atoms with van der Waals surface area (Å²) in [6, 6.07) is -1.02. The highest BCUT2D eigenvalue weighted by Crippen LogP contribution is 2.16. The van der Waals surface area contributed by atoms with Crippen molar-refractivity contribution in [1.82, 2.24) is 0 Å². The summed E-state index contributed by atoms with van der Waals surface area (Å²) in [5.41, 5.74) is 10.4. The lowest BCUT2D eigenvalue weighted by Crippen LogP contribution is -2.32. The molecule has 0 fully saturated rings. The molecular weight excluding hydrogens is 211 g/mol. The Kier molecular flexibility index (Phi) is 6.52. The molecule has 0 aromatic rings. The van der Waals surface area contributed by atoms with Crippen LogP contribution in [0.5, 0.6) is 0 Å². The van der Waals surface area contributed by atoms with E-state index in [1.807, 2.05) is 0 Å². The summed E-state index contributed by atoms with van der Waals surface area (Å²) in [5.74, 6) is -1.13. The molecule has 2 unspecified atom stereocenters. The number of hydrogen-bond donors (Lipinski definition) is 3. The maximum Gasteiger partial charge on any atom is 0.488 e. The molecule has 0 aromatic heterocycles. The second kappa shape index (κ2) is 6.80. The average molecular weight is 224 g/mol. The number of carboxylic acids is 1. The van der Waals surface area contributed by atoms with Gasteiger partial charge >= 0.3 is 14.2 Å². The van der Waals surface area contributed by atoms with Crippen LogP contribution in [0, 0.1) is 0 Å². The van der Waals surface area contributed by atoms with E-state index in [1.54, 1.807) is 0 Å². The smallest absolute Gasteiger partial charge is 0.488 e. The maximum absolute atomic E-state index is 10.3. The van der Waals surface area contributed by atoms with E-state index in [-0.39, 0.29) is 19.4 Å². The van der Waals surface area contributed by atoms with E-state index in [2.05, 4.69) is 4.52 Å². The molecule has 0 aromatic carbocycles. The van der Waals surface area contributed by atoms with E-state index in [0.717, 1.165) is 0 Å².